The highest BCUT2D eigenvalue weighted by atomic mass is 16.7. The molecule has 44 heavy (non-hydrogen) atoms. The topological polar surface area (TPSA) is 107 Å². The summed E-state index contributed by atoms with van der Waals surface area (Å²) < 4.78 is 17.3. The van der Waals surface area contributed by atoms with Gasteiger partial charge in [-0.3, -0.25) is 14.5 Å². The molecule has 2 aromatic heterocycles. The van der Waals surface area contributed by atoms with Crippen LogP contribution >= 0.6 is 0 Å². The molecule has 3 aliphatic carbocycles. The predicted molar refractivity (Wildman–Crippen MR) is 167 cm³/mol. The van der Waals surface area contributed by atoms with Gasteiger partial charge in [0.05, 0.1) is 37.3 Å². The van der Waals surface area contributed by atoms with Gasteiger partial charge in [-0.1, -0.05) is 20.3 Å². The Bertz CT molecular complexity index is 1290. The van der Waals surface area contributed by atoms with E-state index in [1.165, 1.54) is 6.42 Å². The summed E-state index contributed by atoms with van der Waals surface area (Å²) in [6, 6.07) is 0. The molecule has 12 heteroatoms. The fraction of sp³-hybridized carbons (Fsp3) is 0.750. The SMILES string of the molecule is Cn1ccnc1CN(CCCCCC(=O)NCC(=O)N1CCCC1B1O[C@@H]2C[C@H]3CC(C3(C)C)[C@]2(C)O1)Cc1nccn1C. The van der Waals surface area contributed by atoms with E-state index in [9.17, 15) is 9.59 Å². The van der Waals surface area contributed by atoms with Crippen molar-refractivity contribution >= 4 is 18.9 Å². The zero-order chi connectivity index (χ0) is 31.1. The van der Waals surface area contributed by atoms with Crippen LogP contribution in [0, 0.1) is 17.3 Å². The van der Waals surface area contributed by atoms with Gasteiger partial charge < -0.3 is 28.7 Å². The van der Waals surface area contributed by atoms with Crippen LogP contribution in [0.4, 0.5) is 0 Å². The molecule has 0 radical (unpaired) electrons. The molecule has 7 rings (SSSR count). The van der Waals surface area contributed by atoms with Gasteiger partial charge in [0.1, 0.15) is 11.6 Å². The van der Waals surface area contributed by atoms with Crippen LogP contribution in [0.15, 0.2) is 24.8 Å². The number of carbonyl (C=O) groups excluding carboxylic acids is 2. The number of nitrogens with one attached hydrogen (secondary N) is 1. The Labute approximate surface area is 262 Å². The molecule has 3 saturated carbocycles. The first-order chi connectivity index (χ1) is 21.1. The molecular formula is C32H50BN7O4. The molecule has 240 valence electrons. The first-order valence-corrected chi connectivity index (χ1v) is 16.6. The molecule has 0 aromatic carbocycles. The van der Waals surface area contributed by atoms with Crippen molar-refractivity contribution in [2.24, 2.45) is 31.3 Å². The Morgan fingerprint density at radius 1 is 1.05 bits per heavy atom. The van der Waals surface area contributed by atoms with Crippen LogP contribution in [-0.4, -0.2) is 85.1 Å². The van der Waals surface area contributed by atoms with E-state index >= 15 is 0 Å². The Balaban J connectivity index is 0.918. The summed E-state index contributed by atoms with van der Waals surface area (Å²) >= 11 is 0. The third kappa shape index (κ3) is 6.09. The molecule has 5 fully saturated rings. The molecular weight excluding hydrogens is 557 g/mol. The van der Waals surface area contributed by atoms with Crippen LogP contribution in [0.25, 0.3) is 0 Å². The van der Waals surface area contributed by atoms with E-state index in [0.717, 1.165) is 69.8 Å². The van der Waals surface area contributed by atoms with Crippen LogP contribution in [0.2, 0.25) is 0 Å². The molecule has 2 bridgehead atoms. The number of likely N-dealkylation sites (tertiary alicyclic amines) is 1. The monoisotopic (exact) mass is 607 g/mol. The molecule has 0 spiro atoms. The number of nitrogens with zero attached hydrogens (tertiary/aromatic N) is 6. The Hall–Kier alpha value is -2.70. The van der Waals surface area contributed by atoms with E-state index in [1.54, 1.807) is 0 Å². The Morgan fingerprint density at radius 3 is 2.39 bits per heavy atom. The standard InChI is InChI=1S/C32H50BN7O4/c1-31(2)23-18-24(31)32(3)25(19-23)43-33(44-32)26-10-9-15-40(26)30(42)20-36-29(41)11-7-6-8-14-39(21-27-34-12-16-37(27)4)22-28-35-13-17-38(28)5/h12-13,16-17,23-26H,6-11,14-15,18-22H2,1-5H3,(H,36,41)/t23-,24?,25-,26?,32+/m1/s1. The lowest BCUT2D eigenvalue weighted by molar-refractivity contribution is -0.199. The molecule has 11 nitrogen and oxygen atoms in total. The third-order valence-corrected chi connectivity index (χ3v) is 11.3. The summed E-state index contributed by atoms with van der Waals surface area (Å²) in [4.78, 5) is 39.1. The van der Waals surface area contributed by atoms with Crippen LogP contribution in [0.5, 0.6) is 0 Å². The predicted octanol–water partition coefficient (Wildman–Crippen LogP) is 3.09. The number of amides is 2. The van der Waals surface area contributed by atoms with E-state index in [0.29, 0.717) is 24.8 Å². The van der Waals surface area contributed by atoms with Crippen LogP contribution in [0.3, 0.4) is 0 Å². The van der Waals surface area contributed by atoms with Crippen molar-refractivity contribution in [3.05, 3.63) is 36.4 Å². The Morgan fingerprint density at radius 2 is 1.75 bits per heavy atom. The van der Waals surface area contributed by atoms with E-state index < -0.39 is 0 Å². The maximum atomic E-state index is 13.2. The maximum Gasteiger partial charge on any atom is 0.481 e. The fourth-order valence-corrected chi connectivity index (χ4v) is 8.32. The average Bonchev–Trinajstić information content (AvgIpc) is 3.78. The number of hydrogen-bond acceptors (Lipinski definition) is 7. The molecule has 2 unspecified atom stereocenters. The van der Waals surface area contributed by atoms with E-state index in [-0.39, 0.29) is 48.5 Å². The highest BCUT2D eigenvalue weighted by Gasteiger charge is 2.69. The number of aryl methyl sites for hydroxylation is 2. The number of unbranched alkanes of at least 4 members (excludes halogenated alkanes) is 2. The van der Waals surface area contributed by atoms with Crippen LogP contribution in [0.1, 0.15) is 83.8 Å². The zero-order valence-electron chi connectivity index (χ0n) is 27.2. The normalized spacial score (nSPS) is 28.8. The highest BCUT2D eigenvalue weighted by Crippen LogP contribution is 2.65. The second kappa shape index (κ2) is 12.6. The van der Waals surface area contributed by atoms with Gasteiger partial charge in [0.2, 0.25) is 11.8 Å². The van der Waals surface area contributed by atoms with Crippen molar-refractivity contribution in [3.63, 3.8) is 0 Å². The summed E-state index contributed by atoms with van der Waals surface area (Å²) in [5.74, 6) is 3.03. The van der Waals surface area contributed by atoms with Gasteiger partial charge >= 0.3 is 7.12 Å². The van der Waals surface area contributed by atoms with Crippen molar-refractivity contribution in [1.82, 2.24) is 34.2 Å². The number of carbonyl (C=O) groups is 2. The number of rotatable bonds is 13. The van der Waals surface area contributed by atoms with Gasteiger partial charge in [-0.15, -0.1) is 0 Å². The first kappa shape index (κ1) is 31.3. The lowest BCUT2D eigenvalue weighted by atomic mass is 9.43. The van der Waals surface area contributed by atoms with Gasteiger partial charge in [-0.05, 0) is 69.2 Å². The minimum atomic E-state index is -0.378. The molecule has 4 heterocycles. The van der Waals surface area contributed by atoms with Crippen LogP contribution in [-0.2, 0) is 46.1 Å². The average molecular weight is 608 g/mol. The molecule has 2 aromatic rings. The lowest BCUT2D eigenvalue weighted by Gasteiger charge is -2.64. The molecule has 2 saturated heterocycles. The minimum Gasteiger partial charge on any atom is -0.404 e. The summed E-state index contributed by atoms with van der Waals surface area (Å²) in [6.45, 7) is 10.0. The second-order valence-corrected chi connectivity index (χ2v) is 14.3. The summed E-state index contributed by atoms with van der Waals surface area (Å²) in [5, 5.41) is 2.88. The van der Waals surface area contributed by atoms with Crippen LogP contribution < -0.4 is 5.32 Å². The largest absolute Gasteiger partial charge is 0.481 e. The molecule has 1 N–H and O–H groups in total. The maximum absolute atomic E-state index is 13.2. The van der Waals surface area contributed by atoms with Gasteiger partial charge in [0.25, 0.3) is 0 Å². The van der Waals surface area contributed by atoms with Gasteiger partial charge in [0, 0.05) is 51.8 Å². The van der Waals surface area contributed by atoms with E-state index in [4.69, 9.17) is 9.31 Å². The second-order valence-electron chi connectivity index (χ2n) is 14.3. The van der Waals surface area contributed by atoms with E-state index in [2.05, 4.69) is 41.0 Å². The Kier molecular flexibility index (Phi) is 8.96. The summed E-state index contributed by atoms with van der Waals surface area (Å²) in [7, 11) is 3.65. The molecule has 5 atom stereocenters. The van der Waals surface area contributed by atoms with E-state index in [1.807, 2.05) is 52.9 Å². The van der Waals surface area contributed by atoms with Crippen molar-refractivity contribution in [1.29, 1.82) is 0 Å². The first-order valence-electron chi connectivity index (χ1n) is 16.6. The number of imidazole rings is 2. The quantitative estimate of drug-likeness (QED) is 0.276. The van der Waals surface area contributed by atoms with Crippen molar-refractivity contribution in [3.8, 4) is 0 Å². The summed E-state index contributed by atoms with van der Waals surface area (Å²) in [5.41, 5.74) is 0.0132. The minimum absolute atomic E-state index is 0.0294. The lowest BCUT2D eigenvalue weighted by Crippen LogP contribution is -2.65. The van der Waals surface area contributed by atoms with Crippen molar-refractivity contribution in [2.75, 3.05) is 19.6 Å². The van der Waals surface area contributed by atoms with Crippen molar-refractivity contribution < 1.29 is 18.9 Å². The number of hydrogen-bond donors (Lipinski definition) is 1. The van der Waals surface area contributed by atoms with Gasteiger partial charge in [-0.25, -0.2) is 9.97 Å². The molecule has 5 aliphatic rings. The molecule has 2 aliphatic heterocycles. The molecule has 2 amide bonds. The summed E-state index contributed by atoms with van der Waals surface area (Å²) in [6.07, 6.45) is 14.9. The smallest absolute Gasteiger partial charge is 0.404 e. The van der Waals surface area contributed by atoms with Gasteiger partial charge in [-0.2, -0.15) is 0 Å². The van der Waals surface area contributed by atoms with Gasteiger partial charge in [0.15, 0.2) is 0 Å². The highest BCUT2D eigenvalue weighted by molar-refractivity contribution is 6.48. The zero-order valence-corrected chi connectivity index (χ0v) is 27.2. The van der Waals surface area contributed by atoms with Crippen molar-refractivity contribution in [2.45, 2.75) is 103 Å². The fourth-order valence-electron chi connectivity index (χ4n) is 8.32. The third-order valence-electron chi connectivity index (χ3n) is 11.3. The number of aromatic nitrogens is 4.